The van der Waals surface area contributed by atoms with E-state index in [0.717, 1.165) is 18.5 Å². The SMILES string of the molecule is Cc1cc(=O)c(C(=O)N(C)CC2(O)CCCC2)nn1-c1ccccc1. The van der Waals surface area contributed by atoms with Crippen LogP contribution in [0.5, 0.6) is 0 Å². The van der Waals surface area contributed by atoms with Crippen LogP contribution in [0.2, 0.25) is 0 Å². The molecule has 0 aliphatic heterocycles. The number of aliphatic hydroxyl groups is 1. The van der Waals surface area contributed by atoms with Crippen LogP contribution in [-0.2, 0) is 0 Å². The molecular formula is C19H23N3O3. The largest absolute Gasteiger partial charge is 0.388 e. The molecule has 1 saturated carbocycles. The van der Waals surface area contributed by atoms with Gasteiger partial charge in [0.15, 0.2) is 5.69 Å². The molecule has 1 heterocycles. The van der Waals surface area contributed by atoms with E-state index in [1.54, 1.807) is 18.7 Å². The quantitative estimate of drug-likeness (QED) is 0.922. The van der Waals surface area contributed by atoms with E-state index >= 15 is 0 Å². The zero-order chi connectivity index (χ0) is 18.0. The van der Waals surface area contributed by atoms with Gasteiger partial charge in [-0.05, 0) is 31.9 Å². The highest BCUT2D eigenvalue weighted by Gasteiger charge is 2.34. The predicted molar refractivity (Wildman–Crippen MR) is 94.9 cm³/mol. The third kappa shape index (κ3) is 3.64. The first kappa shape index (κ1) is 17.4. The number of carbonyl (C=O) groups excluding carboxylic acids is 1. The molecule has 1 aliphatic rings. The van der Waals surface area contributed by atoms with Crippen molar-refractivity contribution in [2.24, 2.45) is 0 Å². The van der Waals surface area contributed by atoms with Gasteiger partial charge in [-0.15, -0.1) is 0 Å². The molecule has 0 radical (unpaired) electrons. The van der Waals surface area contributed by atoms with Crippen LogP contribution in [0.1, 0.15) is 41.9 Å². The number of hydrogen-bond acceptors (Lipinski definition) is 4. The first-order valence-corrected chi connectivity index (χ1v) is 8.54. The molecule has 0 unspecified atom stereocenters. The summed E-state index contributed by atoms with van der Waals surface area (Å²) in [5.41, 5.74) is 0.0579. The summed E-state index contributed by atoms with van der Waals surface area (Å²) < 4.78 is 1.59. The maximum atomic E-state index is 12.7. The van der Waals surface area contributed by atoms with E-state index in [2.05, 4.69) is 5.10 Å². The summed E-state index contributed by atoms with van der Waals surface area (Å²) in [6.07, 6.45) is 3.28. The number of hydrogen-bond donors (Lipinski definition) is 1. The number of para-hydroxylation sites is 1. The Morgan fingerprint density at radius 1 is 1.28 bits per heavy atom. The number of aryl methyl sites for hydroxylation is 1. The maximum Gasteiger partial charge on any atom is 0.278 e. The average Bonchev–Trinajstić information content (AvgIpc) is 3.01. The molecule has 1 N–H and O–H groups in total. The molecule has 1 fully saturated rings. The zero-order valence-electron chi connectivity index (χ0n) is 14.6. The van der Waals surface area contributed by atoms with E-state index in [0.29, 0.717) is 18.5 Å². The highest BCUT2D eigenvalue weighted by atomic mass is 16.3. The molecule has 0 spiro atoms. The first-order valence-electron chi connectivity index (χ1n) is 8.54. The van der Waals surface area contributed by atoms with Crippen molar-refractivity contribution in [2.75, 3.05) is 13.6 Å². The van der Waals surface area contributed by atoms with Crippen molar-refractivity contribution in [3.05, 3.63) is 58.0 Å². The van der Waals surface area contributed by atoms with Crippen LogP contribution in [0.4, 0.5) is 0 Å². The predicted octanol–water partition coefficient (Wildman–Crippen LogP) is 1.92. The van der Waals surface area contributed by atoms with Crippen molar-refractivity contribution in [3.63, 3.8) is 0 Å². The van der Waals surface area contributed by atoms with Gasteiger partial charge in [-0.25, -0.2) is 4.68 Å². The van der Waals surface area contributed by atoms with Crippen molar-refractivity contribution in [2.45, 2.75) is 38.2 Å². The van der Waals surface area contributed by atoms with E-state index in [4.69, 9.17) is 0 Å². The number of carbonyl (C=O) groups is 1. The Morgan fingerprint density at radius 2 is 1.92 bits per heavy atom. The third-order valence-electron chi connectivity index (χ3n) is 4.72. The van der Waals surface area contributed by atoms with Crippen molar-refractivity contribution in [1.29, 1.82) is 0 Å². The molecule has 6 heteroatoms. The van der Waals surface area contributed by atoms with Crippen molar-refractivity contribution < 1.29 is 9.90 Å². The van der Waals surface area contributed by atoms with Gasteiger partial charge in [0, 0.05) is 25.4 Å². The van der Waals surface area contributed by atoms with Gasteiger partial charge < -0.3 is 10.0 Å². The smallest absolute Gasteiger partial charge is 0.278 e. The normalized spacial score (nSPS) is 16.0. The Labute approximate surface area is 146 Å². The highest BCUT2D eigenvalue weighted by Crippen LogP contribution is 2.30. The second-order valence-electron chi connectivity index (χ2n) is 6.84. The first-order chi connectivity index (χ1) is 11.9. The second kappa shape index (κ2) is 6.80. The van der Waals surface area contributed by atoms with Gasteiger partial charge in [0.25, 0.3) is 5.91 Å². The fourth-order valence-corrected chi connectivity index (χ4v) is 3.41. The molecule has 3 rings (SSSR count). The number of nitrogens with zero attached hydrogens (tertiary/aromatic N) is 3. The summed E-state index contributed by atoms with van der Waals surface area (Å²) in [5.74, 6) is -0.463. The Hall–Kier alpha value is -2.47. The van der Waals surface area contributed by atoms with E-state index in [1.165, 1.54) is 11.0 Å². The monoisotopic (exact) mass is 341 g/mol. The minimum Gasteiger partial charge on any atom is -0.388 e. The lowest BCUT2D eigenvalue weighted by Gasteiger charge is -2.28. The van der Waals surface area contributed by atoms with Crippen LogP contribution in [0.15, 0.2) is 41.2 Å². The molecule has 2 aromatic rings. The molecule has 1 aromatic carbocycles. The van der Waals surface area contributed by atoms with Crippen LogP contribution in [-0.4, -0.2) is 44.9 Å². The van der Waals surface area contributed by atoms with Crippen molar-refractivity contribution in [3.8, 4) is 5.69 Å². The van der Waals surface area contributed by atoms with Crippen LogP contribution < -0.4 is 5.43 Å². The minimum atomic E-state index is -0.854. The molecule has 1 amide bonds. The van der Waals surface area contributed by atoms with Gasteiger partial charge in [-0.1, -0.05) is 31.0 Å². The average molecular weight is 341 g/mol. The fourth-order valence-electron chi connectivity index (χ4n) is 3.41. The lowest BCUT2D eigenvalue weighted by molar-refractivity contribution is 0.0153. The van der Waals surface area contributed by atoms with Crippen LogP contribution >= 0.6 is 0 Å². The molecule has 0 bridgehead atoms. The third-order valence-corrected chi connectivity index (χ3v) is 4.72. The summed E-state index contributed by atoms with van der Waals surface area (Å²) in [7, 11) is 1.60. The number of aromatic nitrogens is 2. The molecule has 25 heavy (non-hydrogen) atoms. The Bertz CT molecular complexity index is 824. The number of amides is 1. The molecule has 0 saturated heterocycles. The van der Waals surface area contributed by atoms with Crippen LogP contribution in [0.25, 0.3) is 5.69 Å². The molecule has 1 aliphatic carbocycles. The summed E-state index contributed by atoms with van der Waals surface area (Å²) in [4.78, 5) is 26.4. The Morgan fingerprint density at radius 3 is 2.56 bits per heavy atom. The van der Waals surface area contributed by atoms with Crippen molar-refractivity contribution >= 4 is 5.91 Å². The Balaban J connectivity index is 1.91. The minimum absolute atomic E-state index is 0.126. The van der Waals surface area contributed by atoms with Gasteiger partial charge in [0.2, 0.25) is 5.43 Å². The zero-order valence-corrected chi connectivity index (χ0v) is 14.6. The van der Waals surface area contributed by atoms with Gasteiger partial charge >= 0.3 is 0 Å². The van der Waals surface area contributed by atoms with Gasteiger partial charge in [-0.2, -0.15) is 5.10 Å². The number of benzene rings is 1. The summed E-state index contributed by atoms with van der Waals surface area (Å²) >= 11 is 0. The van der Waals surface area contributed by atoms with Gasteiger partial charge in [0.05, 0.1) is 11.3 Å². The topological polar surface area (TPSA) is 75.4 Å². The van der Waals surface area contributed by atoms with E-state index in [-0.39, 0.29) is 12.2 Å². The fraction of sp³-hybridized carbons (Fsp3) is 0.421. The van der Waals surface area contributed by atoms with Crippen LogP contribution in [0.3, 0.4) is 0 Å². The summed E-state index contributed by atoms with van der Waals surface area (Å²) in [6, 6.07) is 10.8. The summed E-state index contributed by atoms with van der Waals surface area (Å²) in [5, 5.41) is 14.8. The molecule has 0 atom stereocenters. The second-order valence-corrected chi connectivity index (χ2v) is 6.84. The van der Waals surface area contributed by atoms with Crippen LogP contribution in [0, 0.1) is 6.92 Å². The Kier molecular flexibility index (Phi) is 4.72. The number of rotatable bonds is 4. The van der Waals surface area contributed by atoms with Gasteiger partial charge in [0.1, 0.15) is 0 Å². The maximum absolute atomic E-state index is 12.7. The van der Waals surface area contributed by atoms with E-state index in [1.807, 2.05) is 30.3 Å². The highest BCUT2D eigenvalue weighted by molar-refractivity contribution is 5.92. The van der Waals surface area contributed by atoms with Gasteiger partial charge in [-0.3, -0.25) is 9.59 Å². The summed E-state index contributed by atoms with van der Waals surface area (Å²) in [6.45, 7) is 1.99. The molecule has 6 nitrogen and oxygen atoms in total. The molecule has 1 aromatic heterocycles. The molecule has 132 valence electrons. The van der Waals surface area contributed by atoms with Crippen molar-refractivity contribution in [1.82, 2.24) is 14.7 Å². The molecular weight excluding hydrogens is 318 g/mol. The number of likely N-dealkylation sites (N-methyl/N-ethyl adjacent to an activating group) is 1. The van der Waals surface area contributed by atoms with E-state index < -0.39 is 16.9 Å². The standard InChI is InChI=1S/C19H23N3O3/c1-14-12-16(23)17(20-22(14)15-8-4-3-5-9-15)18(24)21(2)13-19(25)10-6-7-11-19/h3-5,8-9,12,25H,6-7,10-11,13H2,1-2H3. The lowest BCUT2D eigenvalue weighted by Crippen LogP contribution is -2.43. The van der Waals surface area contributed by atoms with E-state index in [9.17, 15) is 14.7 Å². The lowest BCUT2D eigenvalue weighted by atomic mass is 10.0.